The van der Waals surface area contributed by atoms with E-state index >= 15 is 0 Å². The van der Waals surface area contributed by atoms with Crippen LogP contribution in [-0.4, -0.2) is 4.98 Å². The van der Waals surface area contributed by atoms with Crippen molar-refractivity contribution < 1.29 is 0 Å². The molecule has 5 rings (SSSR count). The molecule has 0 unspecified atom stereocenters. The fourth-order valence-corrected chi connectivity index (χ4v) is 3.68. The minimum Gasteiger partial charge on any atom is -0.247 e. The van der Waals surface area contributed by atoms with Gasteiger partial charge in [0, 0.05) is 21.9 Å². The predicted molar refractivity (Wildman–Crippen MR) is 110 cm³/mol. The van der Waals surface area contributed by atoms with Gasteiger partial charge in [-0.3, -0.25) is 0 Å². The highest BCUT2D eigenvalue weighted by atomic mass is 14.7. The molecule has 0 aliphatic heterocycles. The Morgan fingerprint density at radius 3 is 1.85 bits per heavy atom. The molecule has 1 heteroatoms. The van der Waals surface area contributed by atoms with Crippen molar-refractivity contribution in [3.8, 4) is 22.3 Å². The van der Waals surface area contributed by atoms with E-state index < -0.39 is 0 Å². The quantitative estimate of drug-likeness (QED) is 0.327. The van der Waals surface area contributed by atoms with Crippen LogP contribution < -0.4 is 0 Å². The van der Waals surface area contributed by atoms with Crippen LogP contribution in [0.4, 0.5) is 0 Å². The van der Waals surface area contributed by atoms with E-state index in [2.05, 4.69) is 97.1 Å². The maximum Gasteiger partial charge on any atom is 0.0794 e. The summed E-state index contributed by atoms with van der Waals surface area (Å²) < 4.78 is 0. The van der Waals surface area contributed by atoms with Crippen molar-refractivity contribution in [2.75, 3.05) is 0 Å². The highest BCUT2D eigenvalue weighted by Gasteiger charge is 2.13. The van der Waals surface area contributed by atoms with E-state index in [-0.39, 0.29) is 0 Å². The van der Waals surface area contributed by atoms with E-state index in [0.29, 0.717) is 0 Å². The highest BCUT2D eigenvalue weighted by molar-refractivity contribution is 6.12. The summed E-state index contributed by atoms with van der Waals surface area (Å²) >= 11 is 0. The van der Waals surface area contributed by atoms with E-state index in [1.54, 1.807) is 0 Å². The fourth-order valence-electron chi connectivity index (χ4n) is 3.68. The number of aromatic nitrogens is 1. The first-order valence-electron chi connectivity index (χ1n) is 8.84. The predicted octanol–water partition coefficient (Wildman–Crippen LogP) is 6.72. The number of para-hydroxylation sites is 2. The Bertz CT molecular complexity index is 1210. The first kappa shape index (κ1) is 14.9. The molecule has 26 heavy (non-hydrogen) atoms. The number of hydrogen-bond acceptors (Lipinski definition) is 1. The second-order valence-corrected chi connectivity index (χ2v) is 6.44. The number of pyridine rings is 1. The van der Waals surface area contributed by atoms with Gasteiger partial charge in [-0.2, -0.15) is 0 Å². The second-order valence-electron chi connectivity index (χ2n) is 6.44. The Morgan fingerprint density at radius 2 is 1.08 bits per heavy atom. The molecule has 0 atom stereocenters. The zero-order chi connectivity index (χ0) is 17.3. The van der Waals surface area contributed by atoms with Gasteiger partial charge in [-0.15, -0.1) is 0 Å². The average Bonchev–Trinajstić information content (AvgIpc) is 2.73. The number of nitrogens with zero attached hydrogens (tertiary/aromatic N) is 1. The smallest absolute Gasteiger partial charge is 0.0794 e. The average molecular weight is 331 g/mol. The number of benzene rings is 4. The van der Waals surface area contributed by atoms with E-state index in [9.17, 15) is 0 Å². The van der Waals surface area contributed by atoms with Crippen LogP contribution in [0.25, 0.3) is 44.1 Å². The van der Waals surface area contributed by atoms with Gasteiger partial charge in [-0.25, -0.2) is 4.98 Å². The number of fused-ring (bicyclic) bond motifs is 2. The molecule has 0 bridgehead atoms. The SMILES string of the molecule is c1ccc(-c2c3ccccc3nc3c(-c4ccccc4)cccc23)cc1. The standard InChI is InChI=1S/C25H17N/c1-3-10-18(11-4-1)20-15-9-16-22-24(19-12-5-2-6-13-19)21-14-7-8-17-23(21)26-25(20)22/h1-17H. The van der Waals surface area contributed by atoms with Crippen LogP contribution in [0.3, 0.4) is 0 Å². The van der Waals surface area contributed by atoms with E-state index in [1.165, 1.54) is 33.0 Å². The van der Waals surface area contributed by atoms with Crippen LogP contribution >= 0.6 is 0 Å². The maximum absolute atomic E-state index is 5.04. The van der Waals surface area contributed by atoms with Gasteiger partial charge in [0.2, 0.25) is 0 Å². The Kier molecular flexibility index (Phi) is 3.50. The maximum atomic E-state index is 5.04. The van der Waals surface area contributed by atoms with E-state index in [4.69, 9.17) is 4.98 Å². The summed E-state index contributed by atoms with van der Waals surface area (Å²) in [6.45, 7) is 0. The summed E-state index contributed by atoms with van der Waals surface area (Å²) in [5, 5.41) is 2.38. The number of hydrogen-bond donors (Lipinski definition) is 0. The Labute approximate surface area is 152 Å². The van der Waals surface area contributed by atoms with Crippen LogP contribution in [0, 0.1) is 0 Å². The summed E-state index contributed by atoms with van der Waals surface area (Å²) in [5.74, 6) is 0. The molecular weight excluding hydrogens is 314 g/mol. The van der Waals surface area contributed by atoms with E-state index in [0.717, 1.165) is 11.0 Å². The van der Waals surface area contributed by atoms with Crippen LogP contribution in [0.5, 0.6) is 0 Å². The zero-order valence-corrected chi connectivity index (χ0v) is 14.3. The molecule has 0 N–H and O–H groups in total. The molecule has 122 valence electrons. The van der Waals surface area contributed by atoms with Gasteiger partial charge in [0.25, 0.3) is 0 Å². The molecule has 4 aromatic carbocycles. The summed E-state index contributed by atoms with van der Waals surface area (Å²) in [5.41, 5.74) is 6.93. The number of rotatable bonds is 2. The Balaban J connectivity index is 1.95. The van der Waals surface area contributed by atoms with Crippen molar-refractivity contribution in [1.29, 1.82) is 0 Å². The molecule has 0 spiro atoms. The molecule has 0 aliphatic carbocycles. The third kappa shape index (κ3) is 2.37. The largest absolute Gasteiger partial charge is 0.247 e. The molecular formula is C25H17N. The Hall–Kier alpha value is -3.45. The molecule has 0 saturated heterocycles. The highest BCUT2D eigenvalue weighted by Crippen LogP contribution is 2.38. The van der Waals surface area contributed by atoms with Crippen LogP contribution in [0.1, 0.15) is 0 Å². The third-order valence-corrected chi connectivity index (χ3v) is 4.86. The minimum atomic E-state index is 1.03. The zero-order valence-electron chi connectivity index (χ0n) is 14.3. The van der Waals surface area contributed by atoms with Gasteiger partial charge >= 0.3 is 0 Å². The third-order valence-electron chi connectivity index (χ3n) is 4.86. The van der Waals surface area contributed by atoms with Gasteiger partial charge < -0.3 is 0 Å². The summed E-state index contributed by atoms with van der Waals surface area (Å²) in [6.07, 6.45) is 0. The summed E-state index contributed by atoms with van der Waals surface area (Å²) in [7, 11) is 0. The van der Waals surface area contributed by atoms with Gasteiger partial charge in [0.05, 0.1) is 11.0 Å². The molecule has 1 heterocycles. The van der Waals surface area contributed by atoms with Crippen LogP contribution in [-0.2, 0) is 0 Å². The lowest BCUT2D eigenvalue weighted by Gasteiger charge is -2.14. The van der Waals surface area contributed by atoms with Gasteiger partial charge in [0.15, 0.2) is 0 Å². The fraction of sp³-hybridized carbons (Fsp3) is 0. The van der Waals surface area contributed by atoms with Gasteiger partial charge in [-0.1, -0.05) is 97.1 Å². The van der Waals surface area contributed by atoms with Gasteiger partial charge in [-0.05, 0) is 17.2 Å². The van der Waals surface area contributed by atoms with Crippen molar-refractivity contribution >= 4 is 21.8 Å². The lowest BCUT2D eigenvalue weighted by Crippen LogP contribution is -1.91. The molecule has 0 amide bonds. The van der Waals surface area contributed by atoms with Crippen LogP contribution in [0.2, 0.25) is 0 Å². The molecule has 5 aromatic rings. The van der Waals surface area contributed by atoms with Crippen molar-refractivity contribution in [3.63, 3.8) is 0 Å². The van der Waals surface area contributed by atoms with Crippen molar-refractivity contribution in [3.05, 3.63) is 103 Å². The van der Waals surface area contributed by atoms with Crippen molar-refractivity contribution in [1.82, 2.24) is 4.98 Å². The van der Waals surface area contributed by atoms with Crippen molar-refractivity contribution in [2.45, 2.75) is 0 Å². The minimum absolute atomic E-state index is 1.03. The molecule has 0 aliphatic rings. The molecule has 1 aromatic heterocycles. The topological polar surface area (TPSA) is 12.9 Å². The monoisotopic (exact) mass is 331 g/mol. The first-order chi connectivity index (χ1) is 12.9. The van der Waals surface area contributed by atoms with Gasteiger partial charge in [0.1, 0.15) is 0 Å². The van der Waals surface area contributed by atoms with Crippen molar-refractivity contribution in [2.24, 2.45) is 0 Å². The molecule has 0 fully saturated rings. The first-order valence-corrected chi connectivity index (χ1v) is 8.84. The lowest BCUT2D eigenvalue weighted by molar-refractivity contribution is 1.49. The molecule has 1 nitrogen and oxygen atoms in total. The van der Waals surface area contributed by atoms with Crippen LogP contribution in [0.15, 0.2) is 103 Å². The Morgan fingerprint density at radius 1 is 0.462 bits per heavy atom. The molecule has 0 saturated carbocycles. The summed E-state index contributed by atoms with van der Waals surface area (Å²) in [6, 6.07) is 36.0. The normalized spacial score (nSPS) is 11.1. The summed E-state index contributed by atoms with van der Waals surface area (Å²) in [4.78, 5) is 5.04. The lowest BCUT2D eigenvalue weighted by atomic mass is 9.93. The molecule has 0 radical (unpaired) electrons. The van der Waals surface area contributed by atoms with E-state index in [1.807, 2.05) is 6.07 Å². The second kappa shape index (κ2) is 6.12.